The van der Waals surface area contributed by atoms with Crippen LogP contribution in [0, 0.1) is 0 Å². The Balaban J connectivity index is 2.95. The van der Waals surface area contributed by atoms with Crippen LogP contribution in [0.3, 0.4) is 0 Å². The van der Waals surface area contributed by atoms with Crippen LogP contribution in [0.1, 0.15) is 6.92 Å². The summed E-state index contributed by atoms with van der Waals surface area (Å²) in [6.45, 7) is 1.65. The van der Waals surface area contributed by atoms with Gasteiger partial charge in [-0.15, -0.1) is 12.6 Å². The lowest BCUT2D eigenvalue weighted by Crippen LogP contribution is -1.96. The monoisotopic (exact) mass is 128 g/mol. The van der Waals surface area contributed by atoms with Gasteiger partial charge in [-0.2, -0.15) is 4.99 Å². The Kier molecular flexibility index (Phi) is 1.17. The van der Waals surface area contributed by atoms with E-state index in [0.717, 1.165) is 0 Å². The number of nitrogens with zero attached hydrogens (tertiary/aromatic N) is 2. The Bertz CT molecular complexity index is 191. The van der Waals surface area contributed by atoms with Crippen LogP contribution in [0.2, 0.25) is 0 Å². The minimum Gasteiger partial charge on any atom is -0.264 e. The summed E-state index contributed by atoms with van der Waals surface area (Å²) < 4.78 is 0. The first-order chi connectivity index (χ1) is 3.70. The minimum atomic E-state index is -0.342. The van der Waals surface area contributed by atoms with Crippen LogP contribution in [0.5, 0.6) is 0 Å². The third-order valence-electron chi connectivity index (χ3n) is 0.722. The van der Waals surface area contributed by atoms with Crippen molar-refractivity contribution in [1.82, 2.24) is 0 Å². The summed E-state index contributed by atoms with van der Waals surface area (Å²) in [6, 6.07) is 0. The lowest BCUT2D eigenvalue weighted by Gasteiger charge is -1.74. The first-order valence-corrected chi connectivity index (χ1v) is 2.52. The fourth-order valence-corrected chi connectivity index (χ4v) is 0.618. The number of carbonyl (C=O) groups excluding carboxylic acids is 1. The number of amidine groups is 1. The fraction of sp³-hybridized carbons (Fsp3) is 0.250. The van der Waals surface area contributed by atoms with E-state index in [0.29, 0.717) is 5.84 Å². The number of rotatable bonds is 0. The number of hydrogen-bond donors (Lipinski definition) is 1. The molecule has 1 rings (SSSR count). The van der Waals surface area contributed by atoms with Crippen molar-refractivity contribution in [3.8, 4) is 0 Å². The molecule has 0 aromatic heterocycles. The highest BCUT2D eigenvalue weighted by Gasteiger charge is 2.11. The molecule has 0 atom stereocenters. The summed E-state index contributed by atoms with van der Waals surface area (Å²) in [5.74, 6) is 0.144. The maximum absolute atomic E-state index is 10.4. The maximum Gasteiger partial charge on any atom is 0.303 e. The van der Waals surface area contributed by atoms with Gasteiger partial charge in [0, 0.05) is 0 Å². The van der Waals surface area contributed by atoms with E-state index in [2.05, 4.69) is 22.6 Å². The molecule has 4 heteroatoms. The van der Waals surface area contributed by atoms with Crippen molar-refractivity contribution in [2.75, 3.05) is 0 Å². The summed E-state index contributed by atoms with van der Waals surface area (Å²) >= 11 is 3.73. The summed E-state index contributed by atoms with van der Waals surface area (Å²) in [7, 11) is 0. The molecule has 0 unspecified atom stereocenters. The molecule has 1 aliphatic rings. The Hall–Kier alpha value is -0.640. The second-order valence-electron chi connectivity index (χ2n) is 1.40. The molecule has 0 aliphatic carbocycles. The predicted molar refractivity (Wildman–Crippen MR) is 34.5 cm³/mol. The van der Waals surface area contributed by atoms with Crippen LogP contribution >= 0.6 is 12.6 Å². The van der Waals surface area contributed by atoms with E-state index in [9.17, 15) is 4.79 Å². The highest BCUT2D eigenvalue weighted by Crippen LogP contribution is 1.99. The molecule has 0 spiro atoms. The molecule has 0 N–H and O–H groups in total. The molecular formula is C4H4N2OS. The zero-order chi connectivity index (χ0) is 6.15. The lowest BCUT2D eigenvalue weighted by atomic mass is 10.7. The Labute approximate surface area is 51.9 Å². The normalized spacial score (nSPS) is 18.5. The molecule has 8 heavy (non-hydrogen) atoms. The molecule has 1 aliphatic heterocycles. The smallest absolute Gasteiger partial charge is 0.264 e. The number of aliphatic imine (C=N–C) groups is 2. The van der Waals surface area contributed by atoms with Gasteiger partial charge in [-0.3, -0.25) is 4.79 Å². The van der Waals surface area contributed by atoms with E-state index in [1.54, 1.807) is 6.92 Å². The first-order valence-electron chi connectivity index (χ1n) is 2.07. The number of carbonyl (C=O) groups is 1. The van der Waals surface area contributed by atoms with E-state index in [1.807, 2.05) is 0 Å². The van der Waals surface area contributed by atoms with Crippen molar-refractivity contribution in [2.45, 2.75) is 6.92 Å². The van der Waals surface area contributed by atoms with Crippen molar-refractivity contribution in [2.24, 2.45) is 9.98 Å². The predicted octanol–water partition coefficient (Wildman–Crippen LogP) is 0.273. The highest BCUT2D eigenvalue weighted by molar-refractivity contribution is 7.99. The summed E-state index contributed by atoms with van der Waals surface area (Å²) in [6.07, 6.45) is 0. The van der Waals surface area contributed by atoms with Crippen LogP contribution < -0.4 is 0 Å². The standard InChI is InChI=1S/C4H4N2OS/c1-2-5-3(7)4(8)6-2/h1H3,(H,5,6,7,8). The van der Waals surface area contributed by atoms with E-state index in [-0.39, 0.29) is 11.0 Å². The molecule has 0 bridgehead atoms. The molecule has 0 saturated heterocycles. The van der Waals surface area contributed by atoms with Gasteiger partial charge < -0.3 is 0 Å². The van der Waals surface area contributed by atoms with E-state index >= 15 is 0 Å². The first kappa shape index (κ1) is 5.50. The van der Waals surface area contributed by atoms with Crippen molar-refractivity contribution >= 4 is 29.4 Å². The molecule has 3 nitrogen and oxygen atoms in total. The third-order valence-corrected chi connectivity index (χ3v) is 1.01. The van der Waals surface area contributed by atoms with Gasteiger partial charge in [-0.05, 0) is 6.92 Å². The Morgan fingerprint density at radius 2 is 2.12 bits per heavy atom. The van der Waals surface area contributed by atoms with Crippen molar-refractivity contribution in [1.29, 1.82) is 0 Å². The van der Waals surface area contributed by atoms with Crippen LogP contribution in [0.15, 0.2) is 9.98 Å². The molecule has 0 saturated carbocycles. The van der Waals surface area contributed by atoms with Gasteiger partial charge in [-0.1, -0.05) is 0 Å². The lowest BCUT2D eigenvalue weighted by molar-refractivity contribution is -0.111. The van der Waals surface area contributed by atoms with Gasteiger partial charge >= 0.3 is 5.91 Å². The molecule has 0 aromatic carbocycles. The average molecular weight is 128 g/mol. The second-order valence-corrected chi connectivity index (χ2v) is 1.82. The number of hydrogen-bond acceptors (Lipinski definition) is 2. The zero-order valence-corrected chi connectivity index (χ0v) is 5.14. The number of amides is 1. The minimum absolute atomic E-state index is 0.183. The largest absolute Gasteiger partial charge is 0.303 e. The molecule has 42 valence electrons. The van der Waals surface area contributed by atoms with E-state index < -0.39 is 0 Å². The van der Waals surface area contributed by atoms with Crippen molar-refractivity contribution in [3.63, 3.8) is 0 Å². The third kappa shape index (κ3) is 0.790. The van der Waals surface area contributed by atoms with Gasteiger partial charge in [0.05, 0.1) is 0 Å². The molecule has 1 amide bonds. The van der Waals surface area contributed by atoms with Crippen LogP contribution in [-0.4, -0.2) is 16.8 Å². The molecular weight excluding hydrogens is 124 g/mol. The van der Waals surface area contributed by atoms with Crippen LogP contribution in [0.25, 0.3) is 0 Å². The van der Waals surface area contributed by atoms with E-state index in [1.165, 1.54) is 0 Å². The topological polar surface area (TPSA) is 41.8 Å². The SMILES string of the molecule is CC1=NC(=O)C(S)=N1. The summed E-state index contributed by atoms with van der Waals surface area (Å²) in [5.41, 5.74) is 0. The van der Waals surface area contributed by atoms with E-state index in [4.69, 9.17) is 0 Å². The number of thiol groups is 1. The maximum atomic E-state index is 10.4. The average Bonchev–Trinajstić information content (AvgIpc) is 1.85. The summed E-state index contributed by atoms with van der Waals surface area (Å²) in [4.78, 5) is 17.5. The van der Waals surface area contributed by atoms with Crippen LogP contribution in [-0.2, 0) is 4.79 Å². The second kappa shape index (κ2) is 1.70. The van der Waals surface area contributed by atoms with Gasteiger partial charge in [-0.25, -0.2) is 4.99 Å². The van der Waals surface area contributed by atoms with Gasteiger partial charge in [0.15, 0.2) is 5.04 Å². The van der Waals surface area contributed by atoms with Crippen molar-refractivity contribution < 1.29 is 4.79 Å². The zero-order valence-electron chi connectivity index (χ0n) is 4.25. The Morgan fingerprint density at radius 1 is 1.50 bits per heavy atom. The quantitative estimate of drug-likeness (QED) is 0.467. The molecule has 0 aromatic rings. The van der Waals surface area contributed by atoms with Gasteiger partial charge in [0.2, 0.25) is 0 Å². The Morgan fingerprint density at radius 3 is 2.25 bits per heavy atom. The fourth-order valence-electron chi connectivity index (χ4n) is 0.423. The molecule has 1 heterocycles. The highest BCUT2D eigenvalue weighted by atomic mass is 32.1. The van der Waals surface area contributed by atoms with Crippen LogP contribution in [0.4, 0.5) is 0 Å². The van der Waals surface area contributed by atoms with Crippen molar-refractivity contribution in [3.05, 3.63) is 0 Å². The summed E-state index contributed by atoms with van der Waals surface area (Å²) in [5, 5.41) is 0.183. The molecule has 0 radical (unpaired) electrons. The van der Waals surface area contributed by atoms with Gasteiger partial charge in [0.1, 0.15) is 5.84 Å². The van der Waals surface area contributed by atoms with Gasteiger partial charge in [0.25, 0.3) is 0 Å². The molecule has 0 fully saturated rings.